The van der Waals surface area contributed by atoms with Gasteiger partial charge in [0.05, 0.1) is 12.0 Å². The number of likely N-dealkylation sites (tertiary alicyclic amines) is 1. The van der Waals surface area contributed by atoms with Gasteiger partial charge >= 0.3 is 0 Å². The van der Waals surface area contributed by atoms with Gasteiger partial charge in [0, 0.05) is 13.1 Å². The first-order chi connectivity index (χ1) is 5.81. The van der Waals surface area contributed by atoms with Crippen molar-refractivity contribution in [1.29, 1.82) is 5.26 Å². The number of nitrogens with zero attached hydrogens (tertiary/aromatic N) is 2. The molecule has 1 aliphatic heterocycles. The van der Waals surface area contributed by atoms with Gasteiger partial charge < -0.3 is 15.1 Å². The first kappa shape index (κ1) is 10.5. The van der Waals surface area contributed by atoms with Crippen LogP contribution in [-0.2, 0) is 0 Å². The van der Waals surface area contributed by atoms with Crippen molar-refractivity contribution >= 4 is 0 Å². The third-order valence-corrected chi connectivity index (χ3v) is 3.00. The van der Waals surface area contributed by atoms with Gasteiger partial charge in [0.25, 0.3) is 0 Å². The van der Waals surface area contributed by atoms with Crippen molar-refractivity contribution < 1.29 is 10.2 Å². The first-order valence-corrected chi connectivity index (χ1v) is 4.34. The highest BCUT2D eigenvalue weighted by molar-refractivity contribution is 5.10. The summed E-state index contributed by atoms with van der Waals surface area (Å²) in [5.74, 6) is -0.541. The Morgan fingerprint density at radius 2 is 2.00 bits per heavy atom. The fourth-order valence-electron chi connectivity index (χ4n) is 1.78. The second-order valence-corrected chi connectivity index (χ2v) is 4.30. The summed E-state index contributed by atoms with van der Waals surface area (Å²) in [5, 5.41) is 28.7. The van der Waals surface area contributed by atoms with Crippen molar-refractivity contribution in [3.05, 3.63) is 0 Å². The van der Waals surface area contributed by atoms with Crippen LogP contribution in [-0.4, -0.2) is 46.5 Å². The molecule has 1 fully saturated rings. The number of rotatable bonds is 0. The van der Waals surface area contributed by atoms with E-state index < -0.39 is 17.1 Å². The van der Waals surface area contributed by atoms with E-state index in [1.54, 1.807) is 6.92 Å². The minimum Gasteiger partial charge on any atom is -0.386 e. The standard InChI is InChI=1S/C9H16N2O2/c1-8(12)6-11(3)5-7(4-10)9(8,2)13/h7,12-13H,5-6H2,1-3H3. The molecule has 0 spiro atoms. The molecular formula is C9H16N2O2. The molecule has 0 aromatic rings. The summed E-state index contributed by atoms with van der Waals surface area (Å²) in [6, 6.07) is 2.03. The summed E-state index contributed by atoms with van der Waals surface area (Å²) < 4.78 is 0. The molecule has 0 amide bonds. The Hall–Kier alpha value is -0.630. The fourth-order valence-corrected chi connectivity index (χ4v) is 1.78. The van der Waals surface area contributed by atoms with E-state index in [9.17, 15) is 10.2 Å². The van der Waals surface area contributed by atoms with Crippen LogP contribution in [0.5, 0.6) is 0 Å². The van der Waals surface area contributed by atoms with Crippen molar-refractivity contribution in [2.24, 2.45) is 5.92 Å². The van der Waals surface area contributed by atoms with Crippen LogP contribution >= 0.6 is 0 Å². The summed E-state index contributed by atoms with van der Waals surface area (Å²) in [4.78, 5) is 1.85. The highest BCUT2D eigenvalue weighted by Gasteiger charge is 2.52. The van der Waals surface area contributed by atoms with Crippen LogP contribution in [0.1, 0.15) is 13.8 Å². The summed E-state index contributed by atoms with van der Waals surface area (Å²) >= 11 is 0. The van der Waals surface area contributed by atoms with E-state index in [4.69, 9.17) is 5.26 Å². The smallest absolute Gasteiger partial charge is 0.108 e. The zero-order valence-electron chi connectivity index (χ0n) is 8.28. The van der Waals surface area contributed by atoms with Crippen LogP contribution < -0.4 is 0 Å². The minimum atomic E-state index is -1.33. The maximum Gasteiger partial charge on any atom is 0.108 e. The molecule has 0 bridgehead atoms. The average molecular weight is 184 g/mol. The van der Waals surface area contributed by atoms with Gasteiger partial charge in [-0.15, -0.1) is 0 Å². The van der Waals surface area contributed by atoms with E-state index in [-0.39, 0.29) is 0 Å². The monoisotopic (exact) mass is 184 g/mol. The van der Waals surface area contributed by atoms with Crippen molar-refractivity contribution in [1.82, 2.24) is 4.90 Å². The average Bonchev–Trinajstić information content (AvgIpc) is 1.96. The van der Waals surface area contributed by atoms with Gasteiger partial charge in [0.2, 0.25) is 0 Å². The molecule has 1 rings (SSSR count). The number of hydrogen-bond acceptors (Lipinski definition) is 4. The summed E-state index contributed by atoms with van der Waals surface area (Å²) in [6.45, 7) is 3.97. The maximum absolute atomic E-state index is 9.98. The lowest BCUT2D eigenvalue weighted by Gasteiger charge is -2.48. The largest absolute Gasteiger partial charge is 0.386 e. The summed E-state index contributed by atoms with van der Waals surface area (Å²) in [7, 11) is 1.83. The number of likely N-dealkylation sites (N-methyl/N-ethyl adjacent to an activating group) is 1. The number of β-amino-alcohol motifs (C(OH)–C–C–N with tert-alkyl or cyclic N) is 1. The van der Waals surface area contributed by atoms with Crippen LogP contribution in [0.4, 0.5) is 0 Å². The Kier molecular flexibility index (Phi) is 2.37. The molecule has 3 atom stereocenters. The lowest BCUT2D eigenvalue weighted by molar-refractivity contribution is -0.185. The topological polar surface area (TPSA) is 67.5 Å². The highest BCUT2D eigenvalue weighted by atomic mass is 16.4. The summed E-state index contributed by atoms with van der Waals surface area (Å²) in [5.41, 5.74) is -2.55. The second kappa shape index (κ2) is 2.95. The minimum absolute atomic E-state index is 0.387. The molecule has 0 saturated carbocycles. The number of piperidine rings is 1. The fraction of sp³-hybridized carbons (Fsp3) is 0.889. The van der Waals surface area contributed by atoms with E-state index in [1.807, 2.05) is 18.0 Å². The Bertz CT molecular complexity index is 242. The van der Waals surface area contributed by atoms with Gasteiger partial charge in [0.1, 0.15) is 11.2 Å². The Morgan fingerprint density at radius 3 is 2.46 bits per heavy atom. The molecule has 0 aliphatic carbocycles. The summed E-state index contributed by atoms with van der Waals surface area (Å²) in [6.07, 6.45) is 0. The first-order valence-electron chi connectivity index (χ1n) is 4.34. The van der Waals surface area contributed by atoms with Crippen LogP contribution in [0, 0.1) is 17.2 Å². The van der Waals surface area contributed by atoms with Gasteiger partial charge in [-0.05, 0) is 20.9 Å². The molecule has 0 radical (unpaired) electrons. The van der Waals surface area contributed by atoms with Gasteiger partial charge in [-0.25, -0.2) is 0 Å². The Labute approximate surface area is 78.4 Å². The van der Waals surface area contributed by atoms with Crippen molar-refractivity contribution in [2.45, 2.75) is 25.0 Å². The normalized spacial score (nSPS) is 47.2. The lowest BCUT2D eigenvalue weighted by atomic mass is 9.73. The van der Waals surface area contributed by atoms with Gasteiger partial charge in [-0.2, -0.15) is 5.26 Å². The van der Waals surface area contributed by atoms with Crippen molar-refractivity contribution in [2.75, 3.05) is 20.1 Å². The lowest BCUT2D eigenvalue weighted by Crippen LogP contribution is -2.65. The molecule has 0 aromatic carbocycles. The second-order valence-electron chi connectivity index (χ2n) is 4.30. The maximum atomic E-state index is 9.98. The molecule has 13 heavy (non-hydrogen) atoms. The van der Waals surface area contributed by atoms with Crippen molar-refractivity contribution in [3.8, 4) is 6.07 Å². The predicted octanol–water partition coefficient (Wildman–Crippen LogP) is -0.426. The quantitative estimate of drug-likeness (QED) is 0.536. The number of nitriles is 1. The third kappa shape index (κ3) is 1.55. The molecular weight excluding hydrogens is 168 g/mol. The van der Waals surface area contributed by atoms with E-state index in [2.05, 4.69) is 0 Å². The zero-order chi connectivity index (χ0) is 10.3. The van der Waals surface area contributed by atoms with Crippen LogP contribution in [0.3, 0.4) is 0 Å². The SMILES string of the molecule is CN1CC(C#N)C(C)(O)C(C)(O)C1. The molecule has 1 saturated heterocycles. The molecule has 1 heterocycles. The molecule has 4 heteroatoms. The highest BCUT2D eigenvalue weighted by Crippen LogP contribution is 2.34. The molecule has 4 nitrogen and oxygen atoms in total. The van der Waals surface area contributed by atoms with Crippen LogP contribution in [0.25, 0.3) is 0 Å². The molecule has 2 N–H and O–H groups in total. The van der Waals surface area contributed by atoms with Crippen LogP contribution in [0.2, 0.25) is 0 Å². The third-order valence-electron chi connectivity index (χ3n) is 3.00. The van der Waals surface area contributed by atoms with Gasteiger partial charge in [-0.1, -0.05) is 0 Å². The number of hydrogen-bond donors (Lipinski definition) is 2. The molecule has 74 valence electrons. The molecule has 0 aromatic heterocycles. The Balaban J connectivity index is 2.97. The zero-order valence-corrected chi connectivity index (χ0v) is 8.28. The van der Waals surface area contributed by atoms with E-state index in [0.717, 1.165) is 0 Å². The predicted molar refractivity (Wildman–Crippen MR) is 47.8 cm³/mol. The van der Waals surface area contributed by atoms with E-state index in [1.165, 1.54) is 6.92 Å². The van der Waals surface area contributed by atoms with Gasteiger partial charge in [-0.3, -0.25) is 0 Å². The molecule has 3 unspecified atom stereocenters. The Morgan fingerprint density at radius 1 is 1.46 bits per heavy atom. The van der Waals surface area contributed by atoms with E-state index in [0.29, 0.717) is 13.1 Å². The van der Waals surface area contributed by atoms with E-state index >= 15 is 0 Å². The van der Waals surface area contributed by atoms with Crippen LogP contribution in [0.15, 0.2) is 0 Å². The number of aliphatic hydroxyl groups is 2. The van der Waals surface area contributed by atoms with Crippen molar-refractivity contribution in [3.63, 3.8) is 0 Å². The van der Waals surface area contributed by atoms with Gasteiger partial charge in [0.15, 0.2) is 0 Å². The molecule has 1 aliphatic rings.